The van der Waals surface area contributed by atoms with Crippen molar-refractivity contribution in [2.75, 3.05) is 6.54 Å². The maximum Gasteiger partial charge on any atom is 0.243 e. The van der Waals surface area contributed by atoms with Crippen LogP contribution in [-0.4, -0.2) is 52.9 Å². The second-order valence-corrected chi connectivity index (χ2v) is 8.88. The highest BCUT2D eigenvalue weighted by Gasteiger charge is 2.39. The predicted molar refractivity (Wildman–Crippen MR) is 129 cm³/mol. The third kappa shape index (κ3) is 9.49. The fourth-order valence-corrected chi connectivity index (χ4v) is 3.38. The summed E-state index contributed by atoms with van der Waals surface area (Å²) in [6.45, 7) is 15.0. The first-order valence-electron chi connectivity index (χ1n) is 11.9. The summed E-state index contributed by atoms with van der Waals surface area (Å²) in [5, 5.41) is 5.36. The predicted octanol–water partition coefficient (Wildman–Crippen LogP) is 3.33. The molecule has 3 atom stereocenters. The van der Waals surface area contributed by atoms with Crippen molar-refractivity contribution in [3.05, 3.63) is 0 Å². The van der Waals surface area contributed by atoms with E-state index in [2.05, 4.69) is 10.6 Å². The van der Waals surface area contributed by atoms with E-state index < -0.39 is 12.1 Å². The van der Waals surface area contributed by atoms with Gasteiger partial charge in [0.2, 0.25) is 23.6 Å². The Hall–Kier alpha value is -2.25. The van der Waals surface area contributed by atoms with Crippen LogP contribution in [0.4, 0.5) is 0 Å². The zero-order valence-corrected chi connectivity index (χ0v) is 21.1. The molecule has 1 aliphatic rings. The van der Waals surface area contributed by atoms with Crippen LogP contribution in [0.3, 0.4) is 0 Å². The summed E-state index contributed by atoms with van der Waals surface area (Å²) in [4.78, 5) is 61.6. The van der Waals surface area contributed by atoms with E-state index in [-0.39, 0.29) is 56.4 Å². The van der Waals surface area contributed by atoms with Crippen molar-refractivity contribution in [3.8, 4) is 0 Å². The van der Waals surface area contributed by atoms with Gasteiger partial charge in [-0.1, -0.05) is 48.0 Å². The van der Waals surface area contributed by atoms with Gasteiger partial charge in [-0.05, 0) is 38.5 Å². The molecule has 0 aromatic heterocycles. The highest BCUT2D eigenvalue weighted by Crippen LogP contribution is 2.26. The Morgan fingerprint density at radius 1 is 1.00 bits per heavy atom. The zero-order chi connectivity index (χ0) is 25.0. The van der Waals surface area contributed by atoms with E-state index in [0.717, 1.165) is 0 Å². The van der Waals surface area contributed by atoms with Crippen LogP contribution in [0.1, 0.15) is 90.3 Å². The highest BCUT2D eigenvalue weighted by atomic mass is 16.2. The van der Waals surface area contributed by atoms with E-state index >= 15 is 0 Å². The van der Waals surface area contributed by atoms with Crippen LogP contribution >= 0.6 is 0 Å². The Morgan fingerprint density at radius 2 is 1.59 bits per heavy atom. The lowest BCUT2D eigenvalue weighted by atomic mass is 9.94. The summed E-state index contributed by atoms with van der Waals surface area (Å²) >= 11 is 0. The number of amides is 4. The average Bonchev–Trinajstić information content (AvgIpc) is 3.01. The van der Waals surface area contributed by atoms with Crippen molar-refractivity contribution in [2.24, 2.45) is 17.8 Å². The van der Waals surface area contributed by atoms with Gasteiger partial charge in [0.1, 0.15) is 6.04 Å². The number of rotatable bonds is 12. The van der Waals surface area contributed by atoms with E-state index in [1.807, 2.05) is 41.5 Å². The summed E-state index contributed by atoms with van der Waals surface area (Å²) < 4.78 is 0. The lowest BCUT2D eigenvalue weighted by Crippen LogP contribution is -2.52. The van der Waals surface area contributed by atoms with Crippen LogP contribution in [0.15, 0.2) is 0 Å². The molecule has 2 N–H and O–H groups in total. The van der Waals surface area contributed by atoms with E-state index in [0.29, 0.717) is 32.2 Å². The van der Waals surface area contributed by atoms with Gasteiger partial charge >= 0.3 is 0 Å². The van der Waals surface area contributed by atoms with Crippen LogP contribution in [0.25, 0.3) is 0 Å². The minimum Gasteiger partial charge on any atom is -0.345 e. The van der Waals surface area contributed by atoms with Gasteiger partial charge in [-0.2, -0.15) is 0 Å². The fraction of sp³-hybridized carbons (Fsp3) is 0.792. The number of carbonyl (C=O) groups excluding carboxylic acids is 5. The summed E-state index contributed by atoms with van der Waals surface area (Å²) in [5.74, 6) is -1.12. The van der Waals surface area contributed by atoms with Crippen molar-refractivity contribution in [1.82, 2.24) is 15.5 Å². The van der Waals surface area contributed by atoms with E-state index in [1.54, 1.807) is 6.92 Å². The van der Waals surface area contributed by atoms with Crippen molar-refractivity contribution < 1.29 is 26.8 Å². The van der Waals surface area contributed by atoms with Gasteiger partial charge in [0.05, 0.1) is 6.04 Å². The molecule has 4 amide bonds. The number of hydrogen-bond acceptors (Lipinski definition) is 5. The Morgan fingerprint density at radius 3 is 2.06 bits per heavy atom. The number of Topliss-reactive ketones (excluding diaryl/α,β-unsaturated/α-hetero) is 1. The standard InChI is InChI=1S/C22H37N3O5.C2H6.2H2/c1-13(2)17-12-19(28)25(22(17)30)11-9-7-8-10-18(27)24-20(14(3)4)21(29)23-15(5)16(6)26;1-2;;/h13-15,17,20H,7-12H2,1-6H3,(H,23,29)(H,24,27);1-2H3;2*1H/t15-,17?,20-;;;/m0.../s1. The van der Waals surface area contributed by atoms with E-state index in [9.17, 15) is 24.0 Å². The number of unbranched alkanes of at least 4 members (excludes halogenated alkanes) is 2. The molecule has 1 fully saturated rings. The number of imide groups is 1. The van der Waals surface area contributed by atoms with Crippen molar-refractivity contribution >= 4 is 29.4 Å². The molecule has 0 radical (unpaired) electrons. The molecule has 32 heavy (non-hydrogen) atoms. The molecule has 8 heteroatoms. The molecule has 0 aliphatic carbocycles. The Kier molecular flexibility index (Phi) is 13.7. The van der Waals surface area contributed by atoms with Gasteiger partial charge in [-0.3, -0.25) is 28.9 Å². The second-order valence-electron chi connectivity index (χ2n) is 8.88. The maximum absolute atomic E-state index is 12.3. The zero-order valence-electron chi connectivity index (χ0n) is 21.1. The quantitative estimate of drug-likeness (QED) is 0.345. The number of nitrogens with one attached hydrogen (secondary N) is 2. The SMILES string of the molecule is CC.CC(=O)[C@H](C)NC(=O)[C@@H](NC(=O)CCCCCN1C(=O)CC(C(C)C)C1=O)C(C)C.[HH].[HH]. The van der Waals surface area contributed by atoms with Gasteiger partial charge in [0.15, 0.2) is 5.78 Å². The third-order valence-corrected chi connectivity index (χ3v) is 5.60. The minimum absolute atomic E-state index is 0. The first-order chi connectivity index (χ1) is 15.0. The molecule has 1 heterocycles. The van der Waals surface area contributed by atoms with E-state index in [4.69, 9.17) is 0 Å². The van der Waals surface area contributed by atoms with E-state index in [1.165, 1.54) is 11.8 Å². The third-order valence-electron chi connectivity index (χ3n) is 5.60. The topological polar surface area (TPSA) is 113 Å². The van der Waals surface area contributed by atoms with Crippen molar-refractivity contribution in [1.29, 1.82) is 0 Å². The Labute approximate surface area is 196 Å². The number of hydrogen-bond donors (Lipinski definition) is 2. The van der Waals surface area contributed by atoms with Gasteiger partial charge in [-0.15, -0.1) is 0 Å². The van der Waals surface area contributed by atoms with Gasteiger partial charge in [0, 0.05) is 28.2 Å². The molecule has 0 spiro atoms. The highest BCUT2D eigenvalue weighted by molar-refractivity contribution is 6.03. The Bertz CT molecular complexity index is 671. The Balaban J connectivity index is -0.00000233. The van der Waals surface area contributed by atoms with Crippen LogP contribution in [0.2, 0.25) is 0 Å². The van der Waals surface area contributed by atoms with Gasteiger partial charge in [0.25, 0.3) is 0 Å². The fourth-order valence-electron chi connectivity index (χ4n) is 3.38. The number of nitrogens with zero attached hydrogens (tertiary/aromatic N) is 1. The molecule has 0 bridgehead atoms. The smallest absolute Gasteiger partial charge is 0.243 e. The molecule has 0 aromatic carbocycles. The number of ketones is 1. The van der Waals surface area contributed by atoms with Gasteiger partial charge < -0.3 is 10.6 Å². The molecule has 1 rings (SSSR count). The largest absolute Gasteiger partial charge is 0.345 e. The monoisotopic (exact) mass is 457 g/mol. The molecule has 0 saturated carbocycles. The van der Waals surface area contributed by atoms with Crippen LogP contribution in [-0.2, 0) is 24.0 Å². The molecule has 1 unspecified atom stereocenters. The van der Waals surface area contributed by atoms with Crippen LogP contribution in [0.5, 0.6) is 0 Å². The maximum atomic E-state index is 12.3. The summed E-state index contributed by atoms with van der Waals surface area (Å²) in [6.07, 6.45) is 2.51. The van der Waals surface area contributed by atoms with Crippen molar-refractivity contribution in [2.45, 2.75) is 99.6 Å². The van der Waals surface area contributed by atoms with Crippen molar-refractivity contribution in [3.63, 3.8) is 0 Å². The molecular formula is C24H47N3O5. The first kappa shape index (κ1) is 29.8. The van der Waals surface area contributed by atoms with Gasteiger partial charge in [-0.25, -0.2) is 0 Å². The number of carbonyl (C=O) groups is 5. The lowest BCUT2D eigenvalue weighted by Gasteiger charge is -2.23. The minimum atomic E-state index is -0.702. The second kappa shape index (κ2) is 14.7. The first-order valence-corrected chi connectivity index (χ1v) is 11.9. The molecule has 1 aliphatic heterocycles. The lowest BCUT2D eigenvalue weighted by molar-refractivity contribution is -0.139. The molecular weight excluding hydrogens is 410 g/mol. The normalized spacial score (nSPS) is 17.7. The summed E-state index contributed by atoms with van der Waals surface area (Å²) in [6, 6.07) is -1.30. The number of likely N-dealkylation sites (tertiary alicyclic amines) is 1. The van der Waals surface area contributed by atoms with Crippen LogP contribution in [0, 0.1) is 17.8 Å². The van der Waals surface area contributed by atoms with Crippen LogP contribution < -0.4 is 10.6 Å². The molecule has 188 valence electrons. The average molecular weight is 458 g/mol. The molecule has 1 saturated heterocycles. The summed E-state index contributed by atoms with van der Waals surface area (Å²) in [5.41, 5.74) is 0. The summed E-state index contributed by atoms with van der Waals surface area (Å²) in [7, 11) is 0. The molecule has 8 nitrogen and oxygen atoms in total. The molecule has 0 aromatic rings.